The van der Waals surface area contributed by atoms with Gasteiger partial charge in [-0.2, -0.15) is 0 Å². The molecule has 2 fully saturated rings. The lowest BCUT2D eigenvalue weighted by atomic mass is 9.73. The van der Waals surface area contributed by atoms with Crippen molar-refractivity contribution in [3.05, 3.63) is 0 Å². The second-order valence-electron chi connectivity index (χ2n) is 5.93. The molecule has 0 radical (unpaired) electrons. The van der Waals surface area contributed by atoms with Crippen LogP contribution in [0.5, 0.6) is 0 Å². The molecule has 1 aliphatic carbocycles. The van der Waals surface area contributed by atoms with Crippen LogP contribution in [0, 0.1) is 5.41 Å². The highest BCUT2D eigenvalue weighted by Crippen LogP contribution is 2.49. The molecule has 0 aromatic rings. The van der Waals surface area contributed by atoms with Crippen LogP contribution in [0.1, 0.15) is 39.5 Å². The fourth-order valence-corrected chi connectivity index (χ4v) is 3.66. The van der Waals surface area contributed by atoms with Crippen molar-refractivity contribution < 1.29 is 4.74 Å². The van der Waals surface area contributed by atoms with E-state index in [4.69, 9.17) is 10.5 Å². The largest absolute Gasteiger partial charge is 0.380 e. The first-order chi connectivity index (χ1) is 7.62. The van der Waals surface area contributed by atoms with Crippen LogP contribution < -0.4 is 5.73 Å². The molecule has 1 saturated carbocycles. The third-order valence-electron chi connectivity index (χ3n) is 4.82. The molecule has 94 valence electrons. The molecule has 2 rings (SSSR count). The minimum atomic E-state index is 0.223. The Kier molecular flexibility index (Phi) is 3.57. The second kappa shape index (κ2) is 4.63. The molecule has 0 spiro atoms. The summed E-state index contributed by atoms with van der Waals surface area (Å²) < 4.78 is 5.56. The van der Waals surface area contributed by atoms with Crippen molar-refractivity contribution in [2.24, 2.45) is 11.1 Å². The fourth-order valence-electron chi connectivity index (χ4n) is 3.66. The lowest BCUT2D eigenvalue weighted by molar-refractivity contribution is 0.0109. The third kappa shape index (κ3) is 1.89. The van der Waals surface area contributed by atoms with Crippen LogP contribution in [-0.4, -0.2) is 43.3 Å². The van der Waals surface area contributed by atoms with Crippen molar-refractivity contribution in [2.45, 2.75) is 45.1 Å². The van der Waals surface area contributed by atoms with E-state index in [0.717, 1.165) is 39.3 Å². The van der Waals surface area contributed by atoms with E-state index >= 15 is 0 Å². The van der Waals surface area contributed by atoms with Gasteiger partial charge < -0.3 is 10.5 Å². The molecule has 16 heavy (non-hydrogen) atoms. The predicted octanol–water partition coefficient (Wildman–Crippen LogP) is 1.62. The quantitative estimate of drug-likeness (QED) is 0.777. The van der Waals surface area contributed by atoms with E-state index < -0.39 is 0 Å². The number of nitrogens with zero attached hydrogens (tertiary/aromatic N) is 1. The van der Waals surface area contributed by atoms with E-state index in [1.54, 1.807) is 0 Å². The molecule has 1 unspecified atom stereocenters. The van der Waals surface area contributed by atoms with Gasteiger partial charge in [0.15, 0.2) is 0 Å². The Labute approximate surface area is 99.3 Å². The number of ether oxygens (including phenoxy) is 1. The van der Waals surface area contributed by atoms with Crippen LogP contribution in [0.2, 0.25) is 0 Å². The maximum atomic E-state index is 6.14. The van der Waals surface area contributed by atoms with Crippen molar-refractivity contribution in [2.75, 3.05) is 32.8 Å². The lowest BCUT2D eigenvalue weighted by Crippen LogP contribution is -2.60. The summed E-state index contributed by atoms with van der Waals surface area (Å²) in [5, 5.41) is 0. The van der Waals surface area contributed by atoms with Gasteiger partial charge in [-0.05, 0) is 24.7 Å². The summed E-state index contributed by atoms with van der Waals surface area (Å²) in [6.45, 7) is 9.56. The Morgan fingerprint density at radius 3 is 2.56 bits per heavy atom. The van der Waals surface area contributed by atoms with Crippen molar-refractivity contribution in [1.82, 2.24) is 4.90 Å². The highest BCUT2D eigenvalue weighted by atomic mass is 16.5. The minimum Gasteiger partial charge on any atom is -0.380 e. The molecule has 2 aliphatic rings. The average molecular weight is 226 g/mol. The van der Waals surface area contributed by atoms with Gasteiger partial charge in [0.25, 0.3) is 0 Å². The molecule has 1 heterocycles. The second-order valence-corrected chi connectivity index (χ2v) is 5.93. The minimum absolute atomic E-state index is 0.223. The Balaban J connectivity index is 2.19. The van der Waals surface area contributed by atoms with Gasteiger partial charge in [-0.3, -0.25) is 4.90 Å². The van der Waals surface area contributed by atoms with E-state index in [9.17, 15) is 0 Å². The smallest absolute Gasteiger partial charge is 0.0593 e. The van der Waals surface area contributed by atoms with Crippen LogP contribution >= 0.6 is 0 Å². The summed E-state index contributed by atoms with van der Waals surface area (Å²) in [5.74, 6) is 0. The molecule has 0 bridgehead atoms. The molecule has 1 saturated heterocycles. The zero-order valence-electron chi connectivity index (χ0n) is 10.8. The monoisotopic (exact) mass is 226 g/mol. The maximum absolute atomic E-state index is 6.14. The predicted molar refractivity (Wildman–Crippen MR) is 66.4 cm³/mol. The summed E-state index contributed by atoms with van der Waals surface area (Å²) >= 11 is 0. The number of nitrogens with two attached hydrogens (primary N) is 1. The summed E-state index contributed by atoms with van der Waals surface area (Å²) in [6.07, 6.45) is 5.04. The van der Waals surface area contributed by atoms with Gasteiger partial charge in [0, 0.05) is 31.8 Å². The Morgan fingerprint density at radius 2 is 1.94 bits per heavy atom. The molecule has 3 heteroatoms. The van der Waals surface area contributed by atoms with Crippen LogP contribution in [0.25, 0.3) is 0 Å². The normalized spacial score (nSPS) is 36.2. The average Bonchev–Trinajstić information content (AvgIpc) is 2.47. The Hall–Kier alpha value is -0.120. The first-order valence-corrected chi connectivity index (χ1v) is 6.65. The molecular formula is C13H26N2O. The molecule has 0 aromatic carbocycles. The van der Waals surface area contributed by atoms with Gasteiger partial charge in [-0.1, -0.05) is 20.3 Å². The Bertz CT molecular complexity index is 234. The summed E-state index contributed by atoms with van der Waals surface area (Å²) in [6, 6.07) is 0. The van der Waals surface area contributed by atoms with Gasteiger partial charge in [0.1, 0.15) is 0 Å². The molecule has 0 aromatic heterocycles. The topological polar surface area (TPSA) is 38.5 Å². The van der Waals surface area contributed by atoms with Gasteiger partial charge in [0.05, 0.1) is 6.61 Å². The molecule has 0 amide bonds. The van der Waals surface area contributed by atoms with E-state index in [2.05, 4.69) is 18.7 Å². The molecule has 3 nitrogen and oxygen atoms in total. The molecule has 1 atom stereocenters. The summed E-state index contributed by atoms with van der Waals surface area (Å²) in [7, 11) is 0. The highest BCUT2D eigenvalue weighted by Gasteiger charge is 2.51. The van der Waals surface area contributed by atoms with E-state index in [1.165, 1.54) is 19.3 Å². The highest BCUT2D eigenvalue weighted by molar-refractivity contribution is 5.07. The summed E-state index contributed by atoms with van der Waals surface area (Å²) in [5.41, 5.74) is 6.72. The number of hydrogen-bond donors (Lipinski definition) is 1. The van der Waals surface area contributed by atoms with Gasteiger partial charge in [-0.15, -0.1) is 0 Å². The first-order valence-electron chi connectivity index (χ1n) is 6.65. The van der Waals surface area contributed by atoms with E-state index in [-0.39, 0.29) is 5.54 Å². The number of rotatable bonds is 2. The van der Waals surface area contributed by atoms with Crippen molar-refractivity contribution >= 4 is 0 Å². The van der Waals surface area contributed by atoms with Crippen LogP contribution in [0.15, 0.2) is 0 Å². The molecular weight excluding hydrogens is 200 g/mol. The van der Waals surface area contributed by atoms with Gasteiger partial charge >= 0.3 is 0 Å². The Morgan fingerprint density at radius 1 is 1.12 bits per heavy atom. The van der Waals surface area contributed by atoms with Crippen molar-refractivity contribution in [3.63, 3.8) is 0 Å². The lowest BCUT2D eigenvalue weighted by Gasteiger charge is -2.49. The maximum Gasteiger partial charge on any atom is 0.0593 e. The third-order valence-corrected chi connectivity index (χ3v) is 4.82. The fraction of sp³-hybridized carbons (Fsp3) is 1.00. The molecule has 2 N–H and O–H groups in total. The molecule has 1 aliphatic heterocycles. The van der Waals surface area contributed by atoms with Crippen LogP contribution in [-0.2, 0) is 4.74 Å². The SMILES string of the molecule is CC1(C)CCCC1(CN)N1CCCOCC1. The van der Waals surface area contributed by atoms with Crippen LogP contribution in [0.3, 0.4) is 0 Å². The van der Waals surface area contributed by atoms with Gasteiger partial charge in [-0.25, -0.2) is 0 Å². The number of hydrogen-bond acceptors (Lipinski definition) is 3. The van der Waals surface area contributed by atoms with Crippen molar-refractivity contribution in [3.8, 4) is 0 Å². The van der Waals surface area contributed by atoms with E-state index in [1.807, 2.05) is 0 Å². The zero-order valence-corrected chi connectivity index (χ0v) is 10.8. The van der Waals surface area contributed by atoms with Crippen molar-refractivity contribution in [1.29, 1.82) is 0 Å². The van der Waals surface area contributed by atoms with Crippen LogP contribution in [0.4, 0.5) is 0 Å². The zero-order chi connectivity index (χ0) is 11.6. The first kappa shape index (κ1) is 12.3. The standard InChI is InChI=1S/C13H26N2O/c1-12(2)5-3-6-13(12,11-14)15-7-4-9-16-10-8-15/h3-11,14H2,1-2H3. The van der Waals surface area contributed by atoms with E-state index in [0.29, 0.717) is 5.41 Å². The summed E-state index contributed by atoms with van der Waals surface area (Å²) in [4.78, 5) is 2.62. The van der Waals surface area contributed by atoms with Gasteiger partial charge in [0.2, 0.25) is 0 Å².